The maximum atomic E-state index is 15.0. The number of amidine groups is 1. The molecular weight excluding hydrogens is 557 g/mol. The molecule has 12 nitrogen and oxygen atoms in total. The average Bonchev–Trinajstić information content (AvgIpc) is 2.92. The van der Waals surface area contributed by atoms with Gasteiger partial charge in [-0.3, -0.25) is 9.69 Å². The van der Waals surface area contributed by atoms with E-state index >= 15 is 0 Å². The van der Waals surface area contributed by atoms with Crippen LogP contribution in [0.25, 0.3) is 0 Å². The quantitative estimate of drug-likeness (QED) is 0.475. The minimum Gasteiger partial charge on any atom is -0.474 e. The zero-order valence-corrected chi connectivity index (χ0v) is 24.1. The van der Waals surface area contributed by atoms with Crippen LogP contribution in [0.2, 0.25) is 0 Å². The number of benzene rings is 1. The number of halogens is 1. The van der Waals surface area contributed by atoms with Crippen LogP contribution in [0.1, 0.15) is 37.8 Å². The second-order valence-electron chi connectivity index (χ2n) is 9.96. The molecule has 1 aromatic carbocycles. The van der Waals surface area contributed by atoms with Gasteiger partial charge in [0.15, 0.2) is 11.6 Å². The summed E-state index contributed by atoms with van der Waals surface area (Å²) in [5.74, 6) is -0.996. The van der Waals surface area contributed by atoms with E-state index in [0.29, 0.717) is 42.9 Å². The van der Waals surface area contributed by atoms with Crippen molar-refractivity contribution in [2.24, 2.45) is 4.99 Å². The van der Waals surface area contributed by atoms with Gasteiger partial charge in [-0.15, -0.1) is 0 Å². The van der Waals surface area contributed by atoms with Crippen molar-refractivity contribution in [1.82, 2.24) is 19.8 Å². The van der Waals surface area contributed by atoms with Gasteiger partial charge in [-0.25, -0.2) is 32.6 Å². The Morgan fingerprint density at radius 1 is 1.15 bits per heavy atom. The zero-order chi connectivity index (χ0) is 29.7. The highest BCUT2D eigenvalue weighted by molar-refractivity contribution is 8.05. The number of sulfone groups is 1. The molecule has 0 aliphatic carbocycles. The number of ether oxygens (including phenoxy) is 3. The normalized spacial score (nSPS) is 16.0. The summed E-state index contributed by atoms with van der Waals surface area (Å²) in [6.07, 6.45) is 5.33. The van der Waals surface area contributed by atoms with Gasteiger partial charge in [0.1, 0.15) is 12.4 Å². The van der Waals surface area contributed by atoms with E-state index in [0.717, 1.165) is 17.2 Å². The average molecular weight is 590 g/mol. The minimum absolute atomic E-state index is 0.0512. The lowest BCUT2D eigenvalue weighted by Gasteiger charge is -2.31. The topological polar surface area (TPSA) is 141 Å². The second-order valence-corrected chi connectivity index (χ2v) is 11.9. The monoisotopic (exact) mass is 589 g/mol. The number of nitrogens with zero attached hydrogens (tertiary/aromatic N) is 5. The summed E-state index contributed by atoms with van der Waals surface area (Å²) < 4.78 is 56.0. The van der Waals surface area contributed by atoms with Crippen LogP contribution in [0.4, 0.5) is 9.18 Å². The van der Waals surface area contributed by atoms with Crippen molar-refractivity contribution < 1.29 is 36.6 Å². The fourth-order valence-corrected chi connectivity index (χ4v) is 5.09. The van der Waals surface area contributed by atoms with Gasteiger partial charge in [0, 0.05) is 44.9 Å². The Labute approximate surface area is 237 Å². The van der Waals surface area contributed by atoms with Gasteiger partial charge in [-0.2, -0.15) is 0 Å². The van der Waals surface area contributed by atoms with Crippen molar-refractivity contribution in [1.29, 1.82) is 0 Å². The molecule has 4 rings (SSSR count). The molecule has 2 amide bonds. The van der Waals surface area contributed by atoms with E-state index in [1.165, 1.54) is 24.7 Å². The Morgan fingerprint density at radius 3 is 2.51 bits per heavy atom. The number of rotatable bonds is 7. The Bertz CT molecular complexity index is 1470. The Hall–Kier alpha value is -4.07. The van der Waals surface area contributed by atoms with Crippen molar-refractivity contribution >= 4 is 27.0 Å². The second kappa shape index (κ2) is 12.6. The molecule has 0 N–H and O–H groups in total. The third-order valence-corrected chi connectivity index (χ3v) is 7.30. The molecule has 1 aromatic heterocycles. The number of aliphatic imine (C=N–C) groups is 1. The lowest BCUT2D eigenvalue weighted by molar-refractivity contribution is -0.126. The molecule has 2 aliphatic rings. The van der Waals surface area contributed by atoms with E-state index in [-0.39, 0.29) is 48.1 Å². The Kier molecular flexibility index (Phi) is 9.21. The van der Waals surface area contributed by atoms with Crippen molar-refractivity contribution in [3.63, 3.8) is 0 Å². The van der Waals surface area contributed by atoms with Crippen LogP contribution in [0, 0.1) is 12.7 Å². The highest BCUT2D eigenvalue weighted by Gasteiger charge is 2.29. The first kappa shape index (κ1) is 29.9. The van der Waals surface area contributed by atoms with Crippen molar-refractivity contribution in [2.45, 2.75) is 52.2 Å². The summed E-state index contributed by atoms with van der Waals surface area (Å²) in [5.41, 5.74) is 0.799. The predicted molar refractivity (Wildman–Crippen MR) is 147 cm³/mol. The van der Waals surface area contributed by atoms with Crippen LogP contribution >= 0.6 is 0 Å². The third-order valence-electron chi connectivity index (χ3n) is 6.31. The maximum Gasteiger partial charge on any atom is 0.410 e. The van der Waals surface area contributed by atoms with Gasteiger partial charge in [0.25, 0.3) is 0 Å². The maximum absolute atomic E-state index is 15.0. The highest BCUT2D eigenvalue weighted by Crippen LogP contribution is 2.31. The number of carbonyl (C=O) groups excluding carboxylic acids is 2. The number of piperidine rings is 1. The van der Waals surface area contributed by atoms with E-state index in [1.54, 1.807) is 31.7 Å². The van der Waals surface area contributed by atoms with E-state index in [4.69, 9.17) is 14.2 Å². The number of hydrogen-bond acceptors (Lipinski definition) is 10. The molecule has 0 saturated carbocycles. The van der Waals surface area contributed by atoms with E-state index < -0.39 is 21.6 Å². The fourth-order valence-electron chi connectivity index (χ4n) is 4.26. The smallest absolute Gasteiger partial charge is 0.410 e. The molecular formula is C27H32FN5O7S. The lowest BCUT2D eigenvalue weighted by Crippen LogP contribution is -2.42. The first-order valence-electron chi connectivity index (χ1n) is 13.1. The molecule has 0 unspecified atom stereocenters. The van der Waals surface area contributed by atoms with Gasteiger partial charge in [0.2, 0.25) is 32.7 Å². The molecule has 41 heavy (non-hydrogen) atoms. The molecule has 0 radical (unpaired) electrons. The summed E-state index contributed by atoms with van der Waals surface area (Å²) in [7, 11) is -3.72. The zero-order valence-electron chi connectivity index (χ0n) is 23.2. The lowest BCUT2D eigenvalue weighted by atomic mass is 10.1. The Morgan fingerprint density at radius 2 is 1.85 bits per heavy atom. The van der Waals surface area contributed by atoms with Crippen molar-refractivity contribution in [2.75, 3.05) is 25.9 Å². The molecule has 14 heteroatoms. The molecule has 3 heterocycles. The first-order valence-corrected chi connectivity index (χ1v) is 14.9. The van der Waals surface area contributed by atoms with Crippen LogP contribution < -0.4 is 9.47 Å². The number of hydrogen-bond donors (Lipinski definition) is 0. The predicted octanol–water partition coefficient (Wildman–Crippen LogP) is 3.40. The minimum atomic E-state index is -3.72. The summed E-state index contributed by atoms with van der Waals surface area (Å²) in [6, 6.07) is 4.03. The molecule has 1 fully saturated rings. The molecule has 0 spiro atoms. The van der Waals surface area contributed by atoms with Crippen LogP contribution in [0.5, 0.6) is 17.5 Å². The van der Waals surface area contributed by atoms with Crippen LogP contribution in [-0.4, -0.2) is 83.5 Å². The largest absolute Gasteiger partial charge is 0.474 e. The Balaban J connectivity index is 1.38. The van der Waals surface area contributed by atoms with Gasteiger partial charge in [0.05, 0.1) is 18.1 Å². The number of carbonyl (C=O) groups is 2. The summed E-state index contributed by atoms with van der Waals surface area (Å²) in [4.78, 5) is 39.7. The van der Waals surface area contributed by atoms with Crippen LogP contribution in [-0.2, 0) is 25.8 Å². The molecule has 2 aliphatic heterocycles. The molecule has 220 valence electrons. The molecule has 1 saturated heterocycles. The van der Waals surface area contributed by atoms with Gasteiger partial charge >= 0.3 is 6.09 Å². The van der Waals surface area contributed by atoms with Crippen molar-refractivity contribution in [3.8, 4) is 17.5 Å². The van der Waals surface area contributed by atoms with Crippen molar-refractivity contribution in [3.05, 3.63) is 53.7 Å². The highest BCUT2D eigenvalue weighted by atomic mass is 32.2. The number of likely N-dealkylation sites (tertiary alicyclic amines) is 1. The van der Waals surface area contributed by atoms with Gasteiger partial charge in [-0.05, 0) is 44.5 Å². The van der Waals surface area contributed by atoms with E-state index in [1.807, 2.05) is 0 Å². The van der Waals surface area contributed by atoms with E-state index in [9.17, 15) is 22.4 Å². The standard InChI is InChI=1S/C27H32FN5O7S/c1-17(2)38-27(35)32-12-8-20(9-13-32)39-24-18(3)25(31-16-30-24)40-22-7-6-19(14-21(22)28)15-23(34)33-11-5-10-29-26(33)41(4,36)37/h5-7,10,14,16-17,20H,8-9,11-13,15H2,1-4H3. The summed E-state index contributed by atoms with van der Waals surface area (Å²) in [6.45, 7) is 6.32. The summed E-state index contributed by atoms with van der Waals surface area (Å²) >= 11 is 0. The third kappa shape index (κ3) is 7.57. The van der Waals surface area contributed by atoms with Crippen LogP contribution in [0.15, 0.2) is 41.8 Å². The first-order chi connectivity index (χ1) is 19.4. The SMILES string of the molecule is Cc1c(Oc2ccc(CC(=O)N3CC=CN=C3S(C)(=O)=O)cc2F)ncnc1OC1CCN(C(=O)OC(C)C)CC1. The van der Waals surface area contributed by atoms with Gasteiger partial charge < -0.3 is 19.1 Å². The fraction of sp³-hybridized carbons (Fsp3) is 0.444. The molecule has 0 bridgehead atoms. The molecule has 0 atom stereocenters. The summed E-state index contributed by atoms with van der Waals surface area (Å²) in [5, 5.41) is -0.345. The number of aromatic nitrogens is 2. The van der Waals surface area contributed by atoms with E-state index in [2.05, 4.69) is 15.0 Å². The van der Waals surface area contributed by atoms with Gasteiger partial charge in [-0.1, -0.05) is 6.07 Å². The number of amides is 2. The molecule has 2 aromatic rings. The van der Waals surface area contributed by atoms with Crippen LogP contribution in [0.3, 0.4) is 0 Å².